The molecule has 7 nitrogen and oxygen atoms in total. The molecule has 0 saturated heterocycles. The van der Waals surface area contributed by atoms with E-state index in [0.717, 1.165) is 11.1 Å². The zero-order valence-corrected chi connectivity index (χ0v) is 14.2. The lowest BCUT2D eigenvalue weighted by atomic mass is 10.2. The van der Waals surface area contributed by atoms with Gasteiger partial charge in [-0.3, -0.25) is 18.6 Å². The molecule has 0 aliphatic heterocycles. The number of para-hydroxylation sites is 2. The van der Waals surface area contributed by atoms with Crippen molar-refractivity contribution in [2.24, 2.45) is 0 Å². The largest absolute Gasteiger partial charge is 0.350 e. The summed E-state index contributed by atoms with van der Waals surface area (Å²) >= 11 is 0. The molecule has 0 bridgehead atoms. The maximum atomic E-state index is 12.8. The SMILES string of the molecule is Cc1nnc2c(=O)n(CC(=O)NCc3ccccc3)c3ccccc3n12. The first-order valence-electron chi connectivity index (χ1n) is 8.29. The van der Waals surface area contributed by atoms with Gasteiger partial charge in [-0.1, -0.05) is 42.5 Å². The molecule has 4 aromatic rings. The Morgan fingerprint density at radius 3 is 2.46 bits per heavy atom. The number of carbonyl (C=O) groups is 1. The summed E-state index contributed by atoms with van der Waals surface area (Å²) in [5.74, 6) is 0.399. The number of hydrogen-bond donors (Lipinski definition) is 1. The van der Waals surface area contributed by atoms with Crippen LogP contribution in [0, 0.1) is 6.92 Å². The average molecular weight is 347 g/mol. The minimum atomic E-state index is -0.334. The summed E-state index contributed by atoms with van der Waals surface area (Å²) in [7, 11) is 0. The van der Waals surface area contributed by atoms with Crippen LogP contribution in [0.2, 0.25) is 0 Å². The maximum absolute atomic E-state index is 12.8. The van der Waals surface area contributed by atoms with E-state index in [1.54, 1.807) is 11.3 Å². The van der Waals surface area contributed by atoms with Crippen LogP contribution in [0.25, 0.3) is 16.7 Å². The first-order chi connectivity index (χ1) is 12.6. The summed E-state index contributed by atoms with van der Waals surface area (Å²) in [4.78, 5) is 25.2. The molecular formula is C19H17N5O2. The zero-order chi connectivity index (χ0) is 18.1. The van der Waals surface area contributed by atoms with Gasteiger partial charge in [0.2, 0.25) is 11.6 Å². The van der Waals surface area contributed by atoms with Crippen LogP contribution in [0.1, 0.15) is 11.4 Å². The van der Waals surface area contributed by atoms with Crippen molar-refractivity contribution in [1.82, 2.24) is 24.5 Å². The van der Waals surface area contributed by atoms with E-state index in [9.17, 15) is 9.59 Å². The number of nitrogens with one attached hydrogen (secondary N) is 1. The molecule has 0 radical (unpaired) electrons. The number of benzene rings is 2. The van der Waals surface area contributed by atoms with Crippen molar-refractivity contribution < 1.29 is 4.79 Å². The number of aromatic nitrogens is 4. The number of fused-ring (bicyclic) bond motifs is 3. The third kappa shape index (κ3) is 2.73. The molecule has 2 aromatic heterocycles. The number of carbonyl (C=O) groups excluding carboxylic acids is 1. The van der Waals surface area contributed by atoms with Crippen LogP contribution >= 0.6 is 0 Å². The van der Waals surface area contributed by atoms with Gasteiger partial charge in [-0.15, -0.1) is 10.2 Å². The number of amides is 1. The zero-order valence-electron chi connectivity index (χ0n) is 14.2. The molecule has 130 valence electrons. The standard InChI is InChI=1S/C19H17N5O2/c1-13-21-22-18-19(26)23(15-9-5-6-10-16(15)24(13)18)12-17(25)20-11-14-7-3-2-4-8-14/h2-10H,11-12H2,1H3,(H,20,25). The second kappa shape index (κ2) is 6.44. The average Bonchev–Trinajstić information content (AvgIpc) is 3.06. The molecule has 0 aliphatic rings. The van der Waals surface area contributed by atoms with E-state index in [2.05, 4.69) is 15.5 Å². The Kier molecular flexibility index (Phi) is 3.96. The summed E-state index contributed by atoms with van der Waals surface area (Å²) in [6.45, 7) is 2.13. The summed E-state index contributed by atoms with van der Waals surface area (Å²) in [6, 6.07) is 17.1. The third-order valence-corrected chi connectivity index (χ3v) is 4.31. The molecule has 0 unspecified atom stereocenters. The molecule has 4 rings (SSSR count). The van der Waals surface area contributed by atoms with Gasteiger partial charge >= 0.3 is 0 Å². The highest BCUT2D eigenvalue weighted by molar-refractivity contribution is 5.82. The second-order valence-corrected chi connectivity index (χ2v) is 6.05. The van der Waals surface area contributed by atoms with E-state index < -0.39 is 0 Å². The highest BCUT2D eigenvalue weighted by atomic mass is 16.2. The van der Waals surface area contributed by atoms with E-state index in [-0.39, 0.29) is 23.7 Å². The highest BCUT2D eigenvalue weighted by Gasteiger charge is 2.16. The molecule has 0 fully saturated rings. The Bertz CT molecular complexity index is 1160. The fraction of sp³-hybridized carbons (Fsp3) is 0.158. The van der Waals surface area contributed by atoms with E-state index in [4.69, 9.17) is 0 Å². The van der Waals surface area contributed by atoms with Gasteiger partial charge in [-0.25, -0.2) is 0 Å². The third-order valence-electron chi connectivity index (χ3n) is 4.31. The highest BCUT2D eigenvalue weighted by Crippen LogP contribution is 2.14. The topological polar surface area (TPSA) is 81.3 Å². The van der Waals surface area contributed by atoms with Crippen molar-refractivity contribution in [2.45, 2.75) is 20.0 Å². The molecular weight excluding hydrogens is 330 g/mol. The number of hydrogen-bond acceptors (Lipinski definition) is 4. The van der Waals surface area contributed by atoms with Crippen LogP contribution < -0.4 is 10.9 Å². The predicted octanol–water partition coefficient (Wildman–Crippen LogP) is 1.67. The van der Waals surface area contributed by atoms with Gasteiger partial charge in [0, 0.05) is 6.54 Å². The van der Waals surface area contributed by atoms with Crippen LogP contribution in [0.4, 0.5) is 0 Å². The molecule has 2 aromatic carbocycles. The van der Waals surface area contributed by atoms with Crippen LogP contribution in [0.15, 0.2) is 59.4 Å². The van der Waals surface area contributed by atoms with Crippen LogP contribution in [0.3, 0.4) is 0 Å². The van der Waals surface area contributed by atoms with E-state index in [1.165, 1.54) is 4.57 Å². The lowest BCUT2D eigenvalue weighted by molar-refractivity contribution is -0.121. The Hall–Kier alpha value is -3.48. The van der Waals surface area contributed by atoms with Gasteiger partial charge in [0.25, 0.3) is 5.56 Å². The number of nitrogens with zero attached hydrogens (tertiary/aromatic N) is 4. The van der Waals surface area contributed by atoms with E-state index in [0.29, 0.717) is 17.9 Å². The first kappa shape index (κ1) is 16.0. The second-order valence-electron chi connectivity index (χ2n) is 6.05. The molecule has 7 heteroatoms. The van der Waals surface area contributed by atoms with Gasteiger partial charge in [-0.05, 0) is 24.6 Å². The van der Waals surface area contributed by atoms with Gasteiger partial charge in [-0.2, -0.15) is 0 Å². The summed E-state index contributed by atoms with van der Waals surface area (Å²) in [5.41, 5.74) is 2.35. The number of rotatable bonds is 4. The summed E-state index contributed by atoms with van der Waals surface area (Å²) < 4.78 is 3.16. The quantitative estimate of drug-likeness (QED) is 0.609. The van der Waals surface area contributed by atoms with Crippen molar-refractivity contribution >= 4 is 22.6 Å². The lowest BCUT2D eigenvalue weighted by Gasteiger charge is -2.12. The maximum Gasteiger partial charge on any atom is 0.297 e. The summed E-state index contributed by atoms with van der Waals surface area (Å²) in [5, 5.41) is 10.8. The Balaban J connectivity index is 1.70. The molecule has 1 amide bonds. The molecule has 1 N–H and O–H groups in total. The van der Waals surface area contributed by atoms with Gasteiger partial charge < -0.3 is 5.32 Å². The van der Waals surface area contributed by atoms with Crippen LogP contribution in [-0.2, 0) is 17.9 Å². The fourth-order valence-electron chi connectivity index (χ4n) is 3.05. The molecule has 2 heterocycles. The van der Waals surface area contributed by atoms with Gasteiger partial charge in [0.1, 0.15) is 12.4 Å². The lowest BCUT2D eigenvalue weighted by Crippen LogP contribution is -2.33. The number of aryl methyl sites for hydroxylation is 1. The van der Waals surface area contributed by atoms with Crippen LogP contribution in [0.5, 0.6) is 0 Å². The predicted molar refractivity (Wildman–Crippen MR) is 97.8 cm³/mol. The van der Waals surface area contributed by atoms with Crippen LogP contribution in [-0.4, -0.2) is 25.1 Å². The molecule has 26 heavy (non-hydrogen) atoms. The molecule has 0 atom stereocenters. The monoisotopic (exact) mass is 347 g/mol. The van der Waals surface area contributed by atoms with Crippen molar-refractivity contribution in [3.8, 4) is 0 Å². The van der Waals surface area contributed by atoms with E-state index in [1.807, 2.05) is 54.6 Å². The minimum Gasteiger partial charge on any atom is -0.350 e. The van der Waals surface area contributed by atoms with Gasteiger partial charge in [0.05, 0.1) is 11.0 Å². The Labute approximate surface area is 148 Å². The van der Waals surface area contributed by atoms with Gasteiger partial charge in [0.15, 0.2) is 0 Å². The minimum absolute atomic E-state index is 0.0748. The molecule has 0 spiro atoms. The van der Waals surface area contributed by atoms with Crippen molar-refractivity contribution in [3.05, 3.63) is 76.3 Å². The first-order valence-corrected chi connectivity index (χ1v) is 8.29. The van der Waals surface area contributed by atoms with Crippen molar-refractivity contribution in [3.63, 3.8) is 0 Å². The smallest absolute Gasteiger partial charge is 0.297 e. The van der Waals surface area contributed by atoms with Crippen molar-refractivity contribution in [2.75, 3.05) is 0 Å². The normalized spacial score (nSPS) is 11.1. The van der Waals surface area contributed by atoms with Crippen molar-refractivity contribution in [1.29, 1.82) is 0 Å². The molecule has 0 aliphatic carbocycles. The Morgan fingerprint density at radius 1 is 1.00 bits per heavy atom. The summed E-state index contributed by atoms with van der Waals surface area (Å²) in [6.07, 6.45) is 0. The molecule has 0 saturated carbocycles. The Morgan fingerprint density at radius 2 is 1.69 bits per heavy atom. The fourth-order valence-corrected chi connectivity index (χ4v) is 3.05. The van der Waals surface area contributed by atoms with E-state index >= 15 is 0 Å².